The lowest BCUT2D eigenvalue weighted by atomic mass is 10.1. The van der Waals surface area contributed by atoms with Crippen molar-refractivity contribution < 1.29 is 0 Å². The Morgan fingerprint density at radius 2 is 2.05 bits per heavy atom. The molecule has 1 aromatic heterocycles. The summed E-state index contributed by atoms with van der Waals surface area (Å²) in [6.45, 7) is 3.05. The number of rotatable bonds is 3. The van der Waals surface area contributed by atoms with E-state index in [-0.39, 0.29) is 0 Å². The van der Waals surface area contributed by atoms with Crippen LogP contribution < -0.4 is 0 Å². The molecule has 0 N–H and O–H groups in total. The van der Waals surface area contributed by atoms with Crippen molar-refractivity contribution in [3.05, 3.63) is 64.8 Å². The van der Waals surface area contributed by atoms with E-state index >= 15 is 0 Å². The van der Waals surface area contributed by atoms with Crippen molar-refractivity contribution in [2.24, 2.45) is 5.92 Å². The van der Waals surface area contributed by atoms with Gasteiger partial charge in [-0.1, -0.05) is 59.0 Å². The zero-order chi connectivity index (χ0) is 15.4. The van der Waals surface area contributed by atoms with Crippen LogP contribution in [0.3, 0.4) is 0 Å². The number of benzene rings is 2. The summed E-state index contributed by atoms with van der Waals surface area (Å²) in [5.74, 6) is 6.90. The average Bonchev–Trinajstić information content (AvgIpc) is 2.94. The topological polar surface area (TPSA) is 17.8 Å². The summed E-state index contributed by atoms with van der Waals surface area (Å²) < 4.78 is 3.13. The fraction of sp³-hybridized carbons (Fsp3) is 0.211. The minimum absolute atomic E-state index is 0.335. The van der Waals surface area contributed by atoms with Gasteiger partial charge >= 0.3 is 0 Å². The number of aromatic nitrogens is 2. The lowest BCUT2D eigenvalue weighted by Gasteiger charge is -2.05. The molecule has 0 saturated carbocycles. The smallest absolute Gasteiger partial charge is 0.0682 e. The van der Waals surface area contributed by atoms with Gasteiger partial charge in [0.25, 0.3) is 0 Å². The van der Waals surface area contributed by atoms with Gasteiger partial charge in [-0.3, -0.25) is 4.68 Å². The molecular formula is C19H17BrN2. The molecule has 3 rings (SSSR count). The van der Waals surface area contributed by atoms with Gasteiger partial charge in [0.05, 0.1) is 11.7 Å². The van der Waals surface area contributed by atoms with E-state index in [2.05, 4.69) is 62.7 Å². The first-order chi connectivity index (χ1) is 10.7. The van der Waals surface area contributed by atoms with Crippen LogP contribution in [0.15, 0.2) is 59.2 Å². The van der Waals surface area contributed by atoms with Crippen LogP contribution in [-0.4, -0.2) is 9.78 Å². The van der Waals surface area contributed by atoms with Gasteiger partial charge in [0.2, 0.25) is 0 Å². The van der Waals surface area contributed by atoms with Gasteiger partial charge in [0, 0.05) is 27.9 Å². The Kier molecular flexibility index (Phi) is 4.60. The third-order valence-corrected chi connectivity index (χ3v) is 4.11. The Labute approximate surface area is 139 Å². The Morgan fingerprint density at radius 1 is 1.18 bits per heavy atom. The normalized spacial score (nSPS) is 11.9. The van der Waals surface area contributed by atoms with Crippen LogP contribution in [0.5, 0.6) is 0 Å². The Morgan fingerprint density at radius 3 is 2.91 bits per heavy atom. The van der Waals surface area contributed by atoms with Crippen LogP contribution in [0.2, 0.25) is 0 Å². The SMILES string of the molecule is CC(C#Cc1cccc(Br)c1)CCn1ncc2ccccc21. The van der Waals surface area contributed by atoms with Gasteiger partial charge in [-0.05, 0) is 30.7 Å². The number of hydrogen-bond acceptors (Lipinski definition) is 1. The van der Waals surface area contributed by atoms with E-state index in [0.29, 0.717) is 5.92 Å². The lowest BCUT2D eigenvalue weighted by molar-refractivity contribution is 0.537. The molecule has 1 heterocycles. The van der Waals surface area contributed by atoms with Crippen LogP contribution in [-0.2, 0) is 6.54 Å². The average molecular weight is 353 g/mol. The van der Waals surface area contributed by atoms with Crippen molar-refractivity contribution in [3.63, 3.8) is 0 Å². The molecule has 0 radical (unpaired) electrons. The summed E-state index contributed by atoms with van der Waals surface area (Å²) in [6.07, 6.45) is 2.92. The monoisotopic (exact) mass is 352 g/mol. The van der Waals surface area contributed by atoms with Crippen molar-refractivity contribution in [1.29, 1.82) is 0 Å². The minimum Gasteiger partial charge on any atom is -0.265 e. The van der Waals surface area contributed by atoms with Crippen LogP contribution in [0.25, 0.3) is 10.9 Å². The third-order valence-electron chi connectivity index (χ3n) is 3.61. The predicted molar refractivity (Wildman–Crippen MR) is 94.5 cm³/mol. The summed E-state index contributed by atoms with van der Waals surface area (Å²) in [5, 5.41) is 5.65. The quantitative estimate of drug-likeness (QED) is 0.614. The Hall–Kier alpha value is -2.05. The molecule has 0 amide bonds. The zero-order valence-corrected chi connectivity index (χ0v) is 14.0. The number of fused-ring (bicyclic) bond motifs is 1. The standard InChI is InChI=1S/C19H17BrN2/c1-15(9-10-16-5-4-7-18(20)13-16)11-12-22-19-8-3-2-6-17(19)14-21-22/h2-8,13-15H,11-12H2,1H3. The molecule has 0 saturated heterocycles. The molecule has 3 aromatic rings. The van der Waals surface area contributed by atoms with Crippen LogP contribution in [0.1, 0.15) is 18.9 Å². The van der Waals surface area contributed by atoms with Gasteiger partial charge in [-0.25, -0.2) is 0 Å². The second kappa shape index (κ2) is 6.81. The summed E-state index contributed by atoms with van der Waals surface area (Å²) in [5.41, 5.74) is 2.24. The first kappa shape index (κ1) is 14.9. The predicted octanol–water partition coefficient (Wildman–Crippen LogP) is 4.88. The van der Waals surface area contributed by atoms with Crippen LogP contribution in [0, 0.1) is 17.8 Å². The second-order valence-corrected chi connectivity index (χ2v) is 6.31. The van der Waals surface area contributed by atoms with Gasteiger partial charge in [-0.15, -0.1) is 0 Å². The summed E-state index contributed by atoms with van der Waals surface area (Å²) >= 11 is 3.47. The van der Waals surface area contributed by atoms with E-state index in [1.807, 2.05) is 36.5 Å². The maximum Gasteiger partial charge on any atom is 0.0682 e. The number of halogens is 1. The van der Waals surface area contributed by atoms with E-state index in [9.17, 15) is 0 Å². The lowest BCUT2D eigenvalue weighted by Crippen LogP contribution is -2.03. The molecule has 0 fully saturated rings. The van der Waals surface area contributed by atoms with E-state index in [0.717, 1.165) is 23.0 Å². The molecule has 0 aliphatic heterocycles. The Bertz CT molecular complexity index is 839. The van der Waals surface area contributed by atoms with Gasteiger partial charge in [0.15, 0.2) is 0 Å². The molecule has 0 spiro atoms. The molecule has 22 heavy (non-hydrogen) atoms. The Balaban J connectivity index is 1.64. The molecular weight excluding hydrogens is 336 g/mol. The second-order valence-electron chi connectivity index (χ2n) is 5.40. The molecule has 2 nitrogen and oxygen atoms in total. The molecule has 0 bridgehead atoms. The van der Waals surface area contributed by atoms with Gasteiger partial charge in [0.1, 0.15) is 0 Å². The maximum atomic E-state index is 4.46. The number of nitrogens with zero attached hydrogens (tertiary/aromatic N) is 2. The summed E-state index contributed by atoms with van der Waals surface area (Å²) in [7, 11) is 0. The fourth-order valence-electron chi connectivity index (χ4n) is 2.36. The number of hydrogen-bond donors (Lipinski definition) is 0. The highest BCUT2D eigenvalue weighted by atomic mass is 79.9. The molecule has 1 atom stereocenters. The van der Waals surface area contributed by atoms with Crippen molar-refractivity contribution >= 4 is 26.8 Å². The molecule has 1 unspecified atom stereocenters. The van der Waals surface area contributed by atoms with E-state index in [1.165, 1.54) is 10.9 Å². The first-order valence-corrected chi connectivity index (χ1v) is 8.19. The highest BCUT2D eigenvalue weighted by molar-refractivity contribution is 9.10. The van der Waals surface area contributed by atoms with E-state index in [1.54, 1.807) is 0 Å². The zero-order valence-electron chi connectivity index (χ0n) is 12.5. The fourth-order valence-corrected chi connectivity index (χ4v) is 2.76. The largest absolute Gasteiger partial charge is 0.265 e. The van der Waals surface area contributed by atoms with E-state index in [4.69, 9.17) is 0 Å². The number of para-hydroxylation sites is 1. The molecule has 0 aliphatic rings. The molecule has 3 heteroatoms. The van der Waals surface area contributed by atoms with Gasteiger partial charge < -0.3 is 0 Å². The van der Waals surface area contributed by atoms with Crippen molar-refractivity contribution in [1.82, 2.24) is 9.78 Å². The number of aryl methyl sites for hydroxylation is 1. The third kappa shape index (κ3) is 3.58. The first-order valence-electron chi connectivity index (χ1n) is 7.40. The summed E-state index contributed by atoms with van der Waals surface area (Å²) in [6, 6.07) is 16.4. The van der Waals surface area contributed by atoms with Crippen LogP contribution >= 0.6 is 15.9 Å². The molecule has 110 valence electrons. The van der Waals surface area contributed by atoms with E-state index < -0.39 is 0 Å². The highest BCUT2D eigenvalue weighted by Gasteiger charge is 2.03. The van der Waals surface area contributed by atoms with Crippen molar-refractivity contribution in [2.45, 2.75) is 19.9 Å². The van der Waals surface area contributed by atoms with Gasteiger partial charge in [-0.2, -0.15) is 5.10 Å². The van der Waals surface area contributed by atoms with Crippen molar-refractivity contribution in [2.75, 3.05) is 0 Å². The van der Waals surface area contributed by atoms with Crippen LogP contribution in [0.4, 0.5) is 0 Å². The summed E-state index contributed by atoms with van der Waals surface area (Å²) in [4.78, 5) is 0. The molecule has 2 aromatic carbocycles. The highest BCUT2D eigenvalue weighted by Crippen LogP contribution is 2.14. The molecule has 0 aliphatic carbocycles. The van der Waals surface area contributed by atoms with Crippen molar-refractivity contribution in [3.8, 4) is 11.8 Å². The maximum absolute atomic E-state index is 4.46. The minimum atomic E-state index is 0.335.